The molecule has 0 atom stereocenters. The Kier molecular flexibility index (Phi) is 8.39. The first-order valence-electron chi connectivity index (χ1n) is 10.2. The predicted octanol–water partition coefficient (Wildman–Crippen LogP) is 3.15. The number of benzene rings is 1. The van der Waals surface area contributed by atoms with Crippen molar-refractivity contribution < 1.29 is 19.0 Å². The van der Waals surface area contributed by atoms with Gasteiger partial charge in [-0.05, 0) is 37.5 Å². The molecule has 3 rings (SSSR count). The fourth-order valence-electron chi connectivity index (χ4n) is 3.62. The molecule has 2 aromatic rings. The van der Waals surface area contributed by atoms with E-state index in [-0.39, 0.29) is 5.91 Å². The van der Waals surface area contributed by atoms with Crippen LogP contribution in [0.25, 0.3) is 11.4 Å². The zero-order chi connectivity index (χ0) is 21.3. The van der Waals surface area contributed by atoms with Crippen molar-refractivity contribution in [2.45, 2.75) is 49.8 Å². The fourth-order valence-corrected chi connectivity index (χ4v) is 4.40. The second kappa shape index (κ2) is 11.2. The van der Waals surface area contributed by atoms with Crippen LogP contribution in [0.5, 0.6) is 11.5 Å². The molecule has 0 unspecified atom stereocenters. The Balaban J connectivity index is 1.76. The maximum atomic E-state index is 12.3. The normalized spacial score (nSPS) is 14.1. The largest absolute Gasteiger partial charge is 0.493 e. The molecule has 0 saturated heterocycles. The van der Waals surface area contributed by atoms with Crippen LogP contribution in [0.15, 0.2) is 23.4 Å². The SMILES string of the molecule is COCCCn1c(SCC(=O)NC2CCCC2)nnc1-c1ccc(OC)c(OC)c1. The molecule has 1 N–H and O–H groups in total. The number of aromatic nitrogens is 3. The Morgan fingerprint density at radius 3 is 2.63 bits per heavy atom. The highest BCUT2D eigenvalue weighted by atomic mass is 32.2. The van der Waals surface area contributed by atoms with Crippen LogP contribution in [-0.2, 0) is 16.1 Å². The molecule has 1 fully saturated rings. The maximum Gasteiger partial charge on any atom is 0.230 e. The second-order valence-electron chi connectivity index (χ2n) is 7.21. The molecule has 8 nitrogen and oxygen atoms in total. The summed E-state index contributed by atoms with van der Waals surface area (Å²) in [6, 6.07) is 5.99. The summed E-state index contributed by atoms with van der Waals surface area (Å²) < 4.78 is 18.0. The van der Waals surface area contributed by atoms with Gasteiger partial charge in [0.25, 0.3) is 0 Å². The lowest BCUT2D eigenvalue weighted by molar-refractivity contribution is -0.119. The van der Waals surface area contributed by atoms with Gasteiger partial charge in [0.05, 0.1) is 20.0 Å². The van der Waals surface area contributed by atoms with Gasteiger partial charge in [-0.1, -0.05) is 24.6 Å². The second-order valence-corrected chi connectivity index (χ2v) is 8.15. The molecule has 0 bridgehead atoms. The van der Waals surface area contributed by atoms with E-state index in [4.69, 9.17) is 14.2 Å². The average Bonchev–Trinajstić information content (AvgIpc) is 3.42. The van der Waals surface area contributed by atoms with Crippen LogP contribution < -0.4 is 14.8 Å². The molecule has 9 heteroatoms. The Hall–Kier alpha value is -2.26. The van der Waals surface area contributed by atoms with Gasteiger partial charge in [-0.15, -0.1) is 10.2 Å². The summed E-state index contributed by atoms with van der Waals surface area (Å²) in [7, 11) is 4.90. The molecular formula is C21H30N4O4S. The van der Waals surface area contributed by atoms with Crippen LogP contribution in [0, 0.1) is 0 Å². The summed E-state index contributed by atoms with van der Waals surface area (Å²) in [6.45, 7) is 1.33. The van der Waals surface area contributed by atoms with Crippen molar-refractivity contribution in [1.82, 2.24) is 20.1 Å². The van der Waals surface area contributed by atoms with Crippen molar-refractivity contribution >= 4 is 17.7 Å². The van der Waals surface area contributed by atoms with E-state index in [0.717, 1.165) is 35.8 Å². The molecule has 1 aliphatic carbocycles. The van der Waals surface area contributed by atoms with Crippen LogP contribution in [0.4, 0.5) is 0 Å². The third-order valence-electron chi connectivity index (χ3n) is 5.14. The number of thioether (sulfide) groups is 1. The van der Waals surface area contributed by atoms with Gasteiger partial charge in [0.15, 0.2) is 22.5 Å². The van der Waals surface area contributed by atoms with E-state index in [1.165, 1.54) is 24.6 Å². The number of amides is 1. The maximum absolute atomic E-state index is 12.3. The van der Waals surface area contributed by atoms with E-state index in [0.29, 0.717) is 36.4 Å². The van der Waals surface area contributed by atoms with Crippen molar-refractivity contribution in [2.24, 2.45) is 0 Å². The fraction of sp³-hybridized carbons (Fsp3) is 0.571. The van der Waals surface area contributed by atoms with Gasteiger partial charge in [0.1, 0.15) is 0 Å². The molecule has 1 aromatic carbocycles. The van der Waals surface area contributed by atoms with E-state index in [9.17, 15) is 4.79 Å². The number of hydrogen-bond donors (Lipinski definition) is 1. The number of carbonyl (C=O) groups excluding carboxylic acids is 1. The number of methoxy groups -OCH3 is 3. The molecule has 1 aliphatic rings. The van der Waals surface area contributed by atoms with Gasteiger partial charge in [-0.2, -0.15) is 0 Å². The smallest absolute Gasteiger partial charge is 0.230 e. The number of nitrogens with one attached hydrogen (secondary N) is 1. The standard InChI is InChI=1S/C21H30N4O4S/c1-27-12-6-11-25-20(15-9-10-17(28-2)18(13-15)29-3)23-24-21(25)30-14-19(26)22-16-7-4-5-8-16/h9-10,13,16H,4-8,11-12,14H2,1-3H3,(H,22,26). The number of hydrogen-bond acceptors (Lipinski definition) is 7. The molecule has 0 spiro atoms. The summed E-state index contributed by atoms with van der Waals surface area (Å²) in [6.07, 6.45) is 5.36. The monoisotopic (exact) mass is 434 g/mol. The van der Waals surface area contributed by atoms with E-state index >= 15 is 0 Å². The quantitative estimate of drug-likeness (QED) is 0.429. The number of carbonyl (C=O) groups is 1. The lowest BCUT2D eigenvalue weighted by Gasteiger charge is -2.13. The Bertz CT molecular complexity index is 836. The summed E-state index contributed by atoms with van der Waals surface area (Å²) in [4.78, 5) is 12.3. The van der Waals surface area contributed by atoms with Crippen LogP contribution in [0.3, 0.4) is 0 Å². The van der Waals surface area contributed by atoms with Crippen molar-refractivity contribution in [3.05, 3.63) is 18.2 Å². The molecule has 1 amide bonds. The zero-order valence-electron chi connectivity index (χ0n) is 17.8. The van der Waals surface area contributed by atoms with E-state index in [1.54, 1.807) is 21.3 Å². The van der Waals surface area contributed by atoms with Crippen LogP contribution in [-0.4, -0.2) is 60.4 Å². The van der Waals surface area contributed by atoms with Crippen LogP contribution >= 0.6 is 11.8 Å². The lowest BCUT2D eigenvalue weighted by atomic mass is 10.2. The first kappa shape index (κ1) is 22.4. The summed E-state index contributed by atoms with van der Waals surface area (Å²) in [5.41, 5.74) is 0.875. The topological polar surface area (TPSA) is 87.5 Å². The van der Waals surface area contributed by atoms with Crippen molar-refractivity contribution in [2.75, 3.05) is 33.7 Å². The Labute approximate surface area is 181 Å². The van der Waals surface area contributed by atoms with Crippen molar-refractivity contribution in [3.8, 4) is 22.9 Å². The van der Waals surface area contributed by atoms with Gasteiger partial charge in [0.2, 0.25) is 5.91 Å². The molecular weight excluding hydrogens is 404 g/mol. The highest BCUT2D eigenvalue weighted by molar-refractivity contribution is 7.99. The third-order valence-corrected chi connectivity index (χ3v) is 6.11. The minimum absolute atomic E-state index is 0.0472. The van der Waals surface area contributed by atoms with Gasteiger partial charge < -0.3 is 24.1 Å². The number of ether oxygens (including phenoxy) is 3. The Morgan fingerprint density at radius 2 is 1.93 bits per heavy atom. The first-order chi connectivity index (χ1) is 14.7. The third kappa shape index (κ3) is 5.66. The highest BCUT2D eigenvalue weighted by Gasteiger charge is 2.20. The molecule has 1 heterocycles. The molecule has 0 aliphatic heterocycles. The van der Waals surface area contributed by atoms with Gasteiger partial charge in [-0.25, -0.2) is 0 Å². The number of rotatable bonds is 11. The van der Waals surface area contributed by atoms with E-state index < -0.39 is 0 Å². The first-order valence-corrected chi connectivity index (χ1v) is 11.2. The lowest BCUT2D eigenvalue weighted by Crippen LogP contribution is -2.33. The number of nitrogens with zero attached hydrogens (tertiary/aromatic N) is 3. The minimum Gasteiger partial charge on any atom is -0.493 e. The molecule has 0 radical (unpaired) electrons. The van der Waals surface area contributed by atoms with Gasteiger partial charge in [-0.3, -0.25) is 4.79 Å². The van der Waals surface area contributed by atoms with Gasteiger partial charge >= 0.3 is 0 Å². The van der Waals surface area contributed by atoms with Crippen molar-refractivity contribution in [3.63, 3.8) is 0 Å². The van der Waals surface area contributed by atoms with E-state index in [1.807, 2.05) is 22.8 Å². The highest BCUT2D eigenvalue weighted by Crippen LogP contribution is 2.33. The molecule has 30 heavy (non-hydrogen) atoms. The van der Waals surface area contributed by atoms with Gasteiger partial charge in [0, 0.05) is 31.9 Å². The summed E-state index contributed by atoms with van der Waals surface area (Å²) in [5.74, 6) is 2.39. The van der Waals surface area contributed by atoms with E-state index in [2.05, 4.69) is 15.5 Å². The minimum atomic E-state index is 0.0472. The predicted molar refractivity (Wildman–Crippen MR) is 116 cm³/mol. The van der Waals surface area contributed by atoms with Crippen LogP contribution in [0.2, 0.25) is 0 Å². The zero-order valence-corrected chi connectivity index (χ0v) is 18.7. The average molecular weight is 435 g/mol. The summed E-state index contributed by atoms with van der Waals surface area (Å²) >= 11 is 1.41. The molecule has 164 valence electrons. The van der Waals surface area contributed by atoms with Crippen LogP contribution in [0.1, 0.15) is 32.1 Å². The summed E-state index contributed by atoms with van der Waals surface area (Å²) in [5, 5.41) is 12.6. The molecule has 1 saturated carbocycles. The Morgan fingerprint density at radius 1 is 1.17 bits per heavy atom. The molecule has 1 aromatic heterocycles. The van der Waals surface area contributed by atoms with Crippen molar-refractivity contribution in [1.29, 1.82) is 0 Å².